The Bertz CT molecular complexity index is 957. The SMILES string of the molecule is Cc1cc(C(=O)N=c2sc3cc(C)c(C)cc3n2C)c(C)o1. The summed E-state index contributed by atoms with van der Waals surface area (Å²) in [6.07, 6.45) is 0. The fraction of sp³-hybridized carbons (Fsp3) is 0.294. The fourth-order valence-corrected chi connectivity index (χ4v) is 3.57. The average molecular weight is 314 g/mol. The second-order valence-corrected chi connectivity index (χ2v) is 6.60. The summed E-state index contributed by atoms with van der Waals surface area (Å²) >= 11 is 1.53. The Morgan fingerprint density at radius 1 is 1.14 bits per heavy atom. The van der Waals surface area contributed by atoms with E-state index in [1.165, 1.54) is 22.5 Å². The molecule has 1 amide bonds. The average Bonchev–Trinajstić information content (AvgIpc) is 2.92. The number of hydrogen-bond acceptors (Lipinski definition) is 3. The third-order valence-electron chi connectivity index (χ3n) is 3.89. The summed E-state index contributed by atoms with van der Waals surface area (Å²) in [5.41, 5.74) is 4.11. The van der Waals surface area contributed by atoms with Crippen LogP contribution in [0, 0.1) is 27.7 Å². The number of thiazole rings is 1. The topological polar surface area (TPSA) is 47.5 Å². The van der Waals surface area contributed by atoms with Crippen molar-refractivity contribution < 1.29 is 9.21 Å². The maximum absolute atomic E-state index is 12.4. The van der Waals surface area contributed by atoms with Crippen LogP contribution in [0.5, 0.6) is 0 Å². The number of carbonyl (C=O) groups is 1. The Hall–Kier alpha value is -2.14. The van der Waals surface area contributed by atoms with Crippen LogP contribution in [0.1, 0.15) is 33.0 Å². The number of rotatable bonds is 1. The quantitative estimate of drug-likeness (QED) is 0.686. The normalized spacial score (nSPS) is 12.3. The van der Waals surface area contributed by atoms with Gasteiger partial charge in [0.1, 0.15) is 11.5 Å². The van der Waals surface area contributed by atoms with Crippen molar-refractivity contribution in [3.8, 4) is 0 Å². The molecule has 2 aromatic heterocycles. The molecule has 0 saturated heterocycles. The number of aromatic nitrogens is 1. The van der Waals surface area contributed by atoms with Gasteiger partial charge in [0.25, 0.3) is 5.91 Å². The fourth-order valence-electron chi connectivity index (χ4n) is 2.48. The van der Waals surface area contributed by atoms with Crippen molar-refractivity contribution in [3.05, 3.63) is 51.2 Å². The molecule has 0 aliphatic heterocycles. The summed E-state index contributed by atoms with van der Waals surface area (Å²) < 4.78 is 8.51. The molecule has 4 nitrogen and oxygen atoms in total. The van der Waals surface area contributed by atoms with Crippen molar-refractivity contribution in [1.29, 1.82) is 0 Å². The van der Waals surface area contributed by atoms with E-state index in [-0.39, 0.29) is 5.91 Å². The molecule has 3 aromatic rings. The molecular weight excluding hydrogens is 296 g/mol. The summed E-state index contributed by atoms with van der Waals surface area (Å²) in [7, 11) is 1.94. The Morgan fingerprint density at radius 2 is 1.82 bits per heavy atom. The maximum atomic E-state index is 12.4. The molecule has 0 radical (unpaired) electrons. The Morgan fingerprint density at radius 3 is 2.45 bits per heavy atom. The van der Waals surface area contributed by atoms with Gasteiger partial charge in [-0.3, -0.25) is 4.79 Å². The van der Waals surface area contributed by atoms with Crippen LogP contribution in [0.25, 0.3) is 10.2 Å². The number of amides is 1. The molecule has 1 aromatic carbocycles. The van der Waals surface area contributed by atoms with E-state index in [4.69, 9.17) is 4.42 Å². The first-order chi connectivity index (χ1) is 10.4. The molecule has 114 valence electrons. The lowest BCUT2D eigenvalue weighted by atomic mass is 10.1. The van der Waals surface area contributed by atoms with E-state index < -0.39 is 0 Å². The molecule has 0 N–H and O–H groups in total. The monoisotopic (exact) mass is 314 g/mol. The first kappa shape index (κ1) is 14.8. The van der Waals surface area contributed by atoms with E-state index in [0.717, 1.165) is 16.0 Å². The molecule has 0 fully saturated rings. The van der Waals surface area contributed by atoms with Gasteiger partial charge >= 0.3 is 0 Å². The standard InChI is InChI=1S/C17H18N2O2S/c1-9-6-14-15(7-10(9)2)22-17(19(14)5)18-16(20)13-8-11(3)21-12(13)4/h6-8H,1-5H3. The molecule has 0 unspecified atom stereocenters. The van der Waals surface area contributed by atoms with Crippen LogP contribution in [0.15, 0.2) is 27.6 Å². The smallest absolute Gasteiger partial charge is 0.283 e. The molecular formula is C17H18N2O2S. The van der Waals surface area contributed by atoms with E-state index in [2.05, 4.69) is 31.0 Å². The van der Waals surface area contributed by atoms with Crippen molar-refractivity contribution in [2.75, 3.05) is 0 Å². The van der Waals surface area contributed by atoms with Crippen molar-refractivity contribution in [2.24, 2.45) is 12.0 Å². The summed E-state index contributed by atoms with van der Waals surface area (Å²) in [5.74, 6) is 1.08. The number of benzene rings is 1. The van der Waals surface area contributed by atoms with E-state index in [0.29, 0.717) is 16.1 Å². The van der Waals surface area contributed by atoms with Gasteiger partial charge in [0.2, 0.25) is 0 Å². The first-order valence-corrected chi connectivity index (χ1v) is 7.91. The van der Waals surface area contributed by atoms with E-state index in [1.807, 2.05) is 18.5 Å². The van der Waals surface area contributed by atoms with Gasteiger partial charge in [0, 0.05) is 7.05 Å². The summed E-state index contributed by atoms with van der Waals surface area (Å²) in [6, 6.07) is 6.02. The summed E-state index contributed by atoms with van der Waals surface area (Å²) in [6.45, 7) is 7.79. The second kappa shape index (κ2) is 5.25. The highest BCUT2D eigenvalue weighted by molar-refractivity contribution is 7.16. The minimum atomic E-state index is -0.259. The molecule has 22 heavy (non-hydrogen) atoms. The van der Waals surface area contributed by atoms with E-state index >= 15 is 0 Å². The van der Waals surface area contributed by atoms with Gasteiger partial charge < -0.3 is 8.98 Å². The lowest BCUT2D eigenvalue weighted by molar-refractivity contribution is 0.0996. The minimum Gasteiger partial charge on any atom is -0.466 e. The van der Waals surface area contributed by atoms with E-state index in [1.54, 1.807) is 13.0 Å². The summed E-state index contributed by atoms with van der Waals surface area (Å²) in [4.78, 5) is 17.4. The number of carbonyl (C=O) groups excluding carboxylic acids is 1. The summed E-state index contributed by atoms with van der Waals surface area (Å²) in [5, 5.41) is 0. The van der Waals surface area contributed by atoms with Crippen LogP contribution < -0.4 is 4.80 Å². The zero-order valence-corrected chi connectivity index (χ0v) is 14.2. The molecule has 0 spiro atoms. The highest BCUT2D eigenvalue weighted by Crippen LogP contribution is 2.21. The van der Waals surface area contributed by atoms with Crippen molar-refractivity contribution in [3.63, 3.8) is 0 Å². The van der Waals surface area contributed by atoms with Crippen LogP contribution in [0.4, 0.5) is 0 Å². The van der Waals surface area contributed by atoms with Crippen molar-refractivity contribution in [2.45, 2.75) is 27.7 Å². The Balaban J connectivity index is 2.15. The predicted octanol–water partition coefficient (Wildman–Crippen LogP) is 3.81. The van der Waals surface area contributed by atoms with Gasteiger partial charge in [0.05, 0.1) is 15.8 Å². The molecule has 5 heteroatoms. The molecule has 3 rings (SSSR count). The zero-order valence-electron chi connectivity index (χ0n) is 13.4. The third-order valence-corrected chi connectivity index (χ3v) is 4.99. The second-order valence-electron chi connectivity index (χ2n) is 5.59. The maximum Gasteiger partial charge on any atom is 0.283 e. The number of fused-ring (bicyclic) bond motifs is 1. The highest BCUT2D eigenvalue weighted by Gasteiger charge is 2.13. The highest BCUT2D eigenvalue weighted by atomic mass is 32.1. The van der Waals surface area contributed by atoms with Gasteiger partial charge in [-0.1, -0.05) is 11.3 Å². The lowest BCUT2D eigenvalue weighted by Crippen LogP contribution is -2.13. The largest absolute Gasteiger partial charge is 0.466 e. The van der Waals surface area contributed by atoms with Crippen molar-refractivity contribution in [1.82, 2.24) is 4.57 Å². The first-order valence-electron chi connectivity index (χ1n) is 7.09. The van der Waals surface area contributed by atoms with Crippen LogP contribution >= 0.6 is 11.3 Å². The zero-order chi connectivity index (χ0) is 16.0. The lowest BCUT2D eigenvalue weighted by Gasteiger charge is -2.00. The molecule has 2 heterocycles. The molecule has 0 bridgehead atoms. The number of aryl methyl sites for hydroxylation is 5. The molecule has 0 atom stereocenters. The third kappa shape index (κ3) is 2.41. The molecule has 0 aliphatic rings. The minimum absolute atomic E-state index is 0.259. The predicted molar refractivity (Wildman–Crippen MR) is 88.3 cm³/mol. The Kier molecular flexibility index (Phi) is 3.53. The molecule has 0 aliphatic carbocycles. The number of hydrogen-bond donors (Lipinski definition) is 0. The van der Waals surface area contributed by atoms with Crippen LogP contribution in [-0.2, 0) is 7.05 Å². The van der Waals surface area contributed by atoms with E-state index in [9.17, 15) is 4.79 Å². The van der Waals surface area contributed by atoms with Crippen LogP contribution in [0.2, 0.25) is 0 Å². The van der Waals surface area contributed by atoms with Gasteiger partial charge in [-0.25, -0.2) is 0 Å². The van der Waals surface area contributed by atoms with Crippen LogP contribution in [0.3, 0.4) is 0 Å². The van der Waals surface area contributed by atoms with Gasteiger partial charge in [-0.15, -0.1) is 0 Å². The molecule has 0 saturated carbocycles. The number of nitrogens with zero attached hydrogens (tertiary/aromatic N) is 2. The van der Waals surface area contributed by atoms with Gasteiger partial charge in [-0.05, 0) is 57.0 Å². The van der Waals surface area contributed by atoms with Crippen LogP contribution in [-0.4, -0.2) is 10.5 Å². The van der Waals surface area contributed by atoms with Gasteiger partial charge in [0.15, 0.2) is 4.80 Å². The Labute approximate surface area is 132 Å². The van der Waals surface area contributed by atoms with Gasteiger partial charge in [-0.2, -0.15) is 4.99 Å². The van der Waals surface area contributed by atoms with Crippen molar-refractivity contribution >= 4 is 27.5 Å². The number of furan rings is 1.